The van der Waals surface area contributed by atoms with Crippen LogP contribution in [0.4, 0.5) is 5.69 Å². The van der Waals surface area contributed by atoms with Gasteiger partial charge < -0.3 is 20.3 Å². The summed E-state index contributed by atoms with van der Waals surface area (Å²) in [5, 5.41) is 10.9. The number of nitrogens with two attached hydrogens (primary N) is 1. The monoisotopic (exact) mass is 447 g/mol. The zero-order valence-electron chi connectivity index (χ0n) is 17.3. The Morgan fingerprint density at radius 2 is 1.50 bits per heavy atom. The molecule has 2 aliphatic rings. The Bertz CT molecular complexity index is 1490. The maximum absolute atomic E-state index is 12.8. The van der Waals surface area contributed by atoms with Crippen molar-refractivity contribution in [2.75, 3.05) is 5.73 Å². The zero-order chi connectivity index (χ0) is 22.7. The lowest BCUT2D eigenvalue weighted by Gasteiger charge is -2.10. The highest BCUT2D eigenvalue weighted by Crippen LogP contribution is 2.31. The number of phenolic OH excluding ortho intramolecular Hbond substituents is 1. The highest BCUT2D eigenvalue weighted by atomic mass is 35.5. The van der Waals surface area contributed by atoms with Gasteiger partial charge in [0, 0.05) is 16.1 Å². The van der Waals surface area contributed by atoms with E-state index < -0.39 is 11.9 Å². The third-order valence-electron chi connectivity index (χ3n) is 5.81. The average Bonchev–Trinajstić information content (AvgIpc) is 3.24. The summed E-state index contributed by atoms with van der Waals surface area (Å²) in [5.74, 6) is -0.441. The first-order valence-electron chi connectivity index (χ1n) is 10.0. The number of aromatic hydroxyl groups is 1. The number of nitrogen functional groups attached to an aromatic ring is 1. The maximum Gasteiger partial charge on any atom is 0.344 e. The average molecular weight is 448 g/mol. The van der Waals surface area contributed by atoms with E-state index in [4.69, 9.17) is 26.8 Å². The second-order valence-corrected chi connectivity index (χ2v) is 8.17. The van der Waals surface area contributed by atoms with Gasteiger partial charge in [-0.15, -0.1) is 0 Å². The molecule has 5 rings (SSSR count). The predicted molar refractivity (Wildman–Crippen MR) is 120 cm³/mol. The van der Waals surface area contributed by atoms with Gasteiger partial charge in [-0.1, -0.05) is 24.6 Å². The smallest absolute Gasteiger partial charge is 0.344 e. The SMILES string of the molecule is CCc1cc(C2=c3cc4c(cc3OC2=O)=C(c2ccc(O)c(Cl)c2)C(=O)O4)cc(C)c1N. The number of esters is 2. The van der Waals surface area contributed by atoms with Gasteiger partial charge in [0.25, 0.3) is 0 Å². The Morgan fingerprint density at radius 3 is 2.06 bits per heavy atom. The molecule has 0 bridgehead atoms. The second kappa shape index (κ2) is 7.14. The van der Waals surface area contributed by atoms with E-state index in [0.29, 0.717) is 44.3 Å². The number of hydrogen-bond acceptors (Lipinski definition) is 6. The molecule has 0 fully saturated rings. The first-order chi connectivity index (χ1) is 15.3. The predicted octanol–water partition coefficient (Wildman–Crippen LogP) is 2.73. The maximum atomic E-state index is 12.8. The summed E-state index contributed by atoms with van der Waals surface area (Å²) in [4.78, 5) is 25.4. The molecular formula is C25H18ClNO5. The molecule has 0 aromatic heterocycles. The van der Waals surface area contributed by atoms with E-state index in [1.807, 2.05) is 26.0 Å². The number of benzene rings is 3. The molecule has 32 heavy (non-hydrogen) atoms. The van der Waals surface area contributed by atoms with Crippen molar-refractivity contribution < 1.29 is 24.2 Å². The molecule has 2 heterocycles. The fourth-order valence-corrected chi connectivity index (χ4v) is 4.34. The lowest BCUT2D eigenvalue weighted by Crippen LogP contribution is -2.11. The van der Waals surface area contributed by atoms with Crippen LogP contribution in [0, 0.1) is 6.92 Å². The summed E-state index contributed by atoms with van der Waals surface area (Å²) in [6.45, 7) is 3.90. The highest BCUT2D eigenvalue weighted by Gasteiger charge is 2.31. The molecule has 0 radical (unpaired) electrons. The quantitative estimate of drug-likeness (QED) is 0.364. The molecule has 3 aromatic rings. The fraction of sp³-hybridized carbons (Fsp3) is 0.120. The minimum Gasteiger partial charge on any atom is -0.506 e. The number of carbonyl (C=O) groups excluding carboxylic acids is 2. The Kier molecular flexibility index (Phi) is 4.50. The topological polar surface area (TPSA) is 98.8 Å². The molecule has 3 aromatic carbocycles. The third kappa shape index (κ3) is 2.95. The molecule has 160 valence electrons. The van der Waals surface area contributed by atoms with Crippen molar-refractivity contribution >= 4 is 40.4 Å². The third-order valence-corrected chi connectivity index (χ3v) is 6.12. The fourth-order valence-electron chi connectivity index (χ4n) is 4.16. The molecule has 0 saturated heterocycles. The van der Waals surface area contributed by atoms with Crippen LogP contribution in [0.5, 0.6) is 17.2 Å². The molecule has 0 spiro atoms. The molecule has 0 saturated carbocycles. The molecular weight excluding hydrogens is 430 g/mol. The van der Waals surface area contributed by atoms with Gasteiger partial charge in [0.15, 0.2) is 0 Å². The van der Waals surface area contributed by atoms with Crippen LogP contribution in [0.1, 0.15) is 29.2 Å². The molecule has 0 aliphatic carbocycles. The van der Waals surface area contributed by atoms with Crippen molar-refractivity contribution in [1.29, 1.82) is 0 Å². The summed E-state index contributed by atoms with van der Waals surface area (Å²) < 4.78 is 11.0. The van der Waals surface area contributed by atoms with E-state index in [0.717, 1.165) is 17.5 Å². The van der Waals surface area contributed by atoms with Crippen molar-refractivity contribution in [3.8, 4) is 17.2 Å². The number of phenols is 1. The van der Waals surface area contributed by atoms with Crippen LogP contribution < -0.4 is 25.6 Å². The van der Waals surface area contributed by atoms with Crippen molar-refractivity contribution in [3.63, 3.8) is 0 Å². The van der Waals surface area contributed by atoms with Crippen LogP contribution in [0.3, 0.4) is 0 Å². The Hall–Kier alpha value is -3.77. The van der Waals surface area contributed by atoms with E-state index >= 15 is 0 Å². The molecule has 7 heteroatoms. The normalized spacial score (nSPS) is 14.3. The number of hydrogen-bond donors (Lipinski definition) is 2. The van der Waals surface area contributed by atoms with Crippen molar-refractivity contribution in [2.24, 2.45) is 0 Å². The van der Waals surface area contributed by atoms with E-state index in [1.165, 1.54) is 12.1 Å². The van der Waals surface area contributed by atoms with Gasteiger partial charge in [-0.3, -0.25) is 0 Å². The summed E-state index contributed by atoms with van der Waals surface area (Å²) in [5.41, 5.74) is 10.6. The lowest BCUT2D eigenvalue weighted by atomic mass is 9.96. The zero-order valence-corrected chi connectivity index (χ0v) is 18.0. The van der Waals surface area contributed by atoms with Gasteiger partial charge in [-0.25, -0.2) is 9.59 Å². The molecule has 0 amide bonds. The Morgan fingerprint density at radius 1 is 0.906 bits per heavy atom. The van der Waals surface area contributed by atoms with Crippen LogP contribution >= 0.6 is 11.6 Å². The minimum absolute atomic E-state index is 0.0880. The van der Waals surface area contributed by atoms with E-state index in [-0.39, 0.29) is 16.3 Å². The van der Waals surface area contributed by atoms with Gasteiger partial charge in [0.1, 0.15) is 17.2 Å². The number of anilines is 1. The van der Waals surface area contributed by atoms with Crippen molar-refractivity contribution in [1.82, 2.24) is 0 Å². The lowest BCUT2D eigenvalue weighted by molar-refractivity contribution is -0.128. The summed E-state index contributed by atoms with van der Waals surface area (Å²) in [6.07, 6.45) is 0.727. The van der Waals surface area contributed by atoms with Crippen LogP contribution in [0.25, 0.3) is 11.1 Å². The molecule has 6 nitrogen and oxygen atoms in total. The largest absolute Gasteiger partial charge is 0.506 e. The van der Waals surface area contributed by atoms with Gasteiger partial charge in [-0.2, -0.15) is 0 Å². The van der Waals surface area contributed by atoms with Crippen LogP contribution in [0.15, 0.2) is 42.5 Å². The number of rotatable bonds is 3. The molecule has 2 aliphatic heterocycles. The van der Waals surface area contributed by atoms with Crippen LogP contribution in [-0.4, -0.2) is 17.0 Å². The second-order valence-electron chi connectivity index (χ2n) is 7.76. The summed E-state index contributed by atoms with van der Waals surface area (Å²) in [7, 11) is 0. The minimum atomic E-state index is -0.546. The first kappa shape index (κ1) is 20.2. The number of halogens is 1. The van der Waals surface area contributed by atoms with Crippen molar-refractivity contribution in [2.45, 2.75) is 20.3 Å². The molecule has 3 N–H and O–H groups in total. The van der Waals surface area contributed by atoms with Crippen LogP contribution in [0.2, 0.25) is 5.02 Å². The van der Waals surface area contributed by atoms with Gasteiger partial charge in [0.05, 0.1) is 16.2 Å². The van der Waals surface area contributed by atoms with Gasteiger partial charge >= 0.3 is 11.9 Å². The number of fused-ring (bicyclic) bond motifs is 2. The Labute approximate surface area is 188 Å². The number of aryl methyl sites for hydroxylation is 2. The van der Waals surface area contributed by atoms with Gasteiger partial charge in [0.2, 0.25) is 0 Å². The van der Waals surface area contributed by atoms with Crippen LogP contribution in [-0.2, 0) is 16.0 Å². The summed E-state index contributed by atoms with van der Waals surface area (Å²) in [6, 6.07) is 11.5. The van der Waals surface area contributed by atoms with E-state index in [9.17, 15) is 14.7 Å². The van der Waals surface area contributed by atoms with E-state index in [2.05, 4.69) is 0 Å². The number of carbonyl (C=O) groups is 2. The molecule has 0 unspecified atom stereocenters. The summed E-state index contributed by atoms with van der Waals surface area (Å²) >= 11 is 6.02. The van der Waals surface area contributed by atoms with E-state index in [1.54, 1.807) is 18.2 Å². The highest BCUT2D eigenvalue weighted by molar-refractivity contribution is 6.32. The number of ether oxygens (including phenoxy) is 2. The standard InChI is InChI=1S/C25H18ClNO5/c1-3-12-7-14(6-11(2)23(12)27)22-16-10-19-15(9-20(16)32-25(22)30)21(24(29)31-19)13-4-5-18(28)17(26)8-13/h4-10,28H,3,27H2,1-2H3. The van der Waals surface area contributed by atoms with Gasteiger partial charge in [-0.05, 0) is 72.0 Å². The first-order valence-corrected chi connectivity index (χ1v) is 10.4. The molecule has 0 atom stereocenters. The Balaban J connectivity index is 1.77. The van der Waals surface area contributed by atoms with Crippen molar-refractivity contribution in [3.05, 3.63) is 80.2 Å².